The van der Waals surface area contributed by atoms with Crippen molar-refractivity contribution in [2.75, 3.05) is 32.1 Å². The van der Waals surface area contributed by atoms with Crippen molar-refractivity contribution in [3.63, 3.8) is 0 Å². The Morgan fingerprint density at radius 1 is 1.28 bits per heavy atom. The molecule has 0 spiro atoms. The summed E-state index contributed by atoms with van der Waals surface area (Å²) in [6.45, 7) is 7.02. The van der Waals surface area contributed by atoms with Gasteiger partial charge in [-0.1, -0.05) is 55.1 Å². The molecular formula is C20H25ClN2O5S. The number of carbonyl (C=O) groups is 2. The number of nitrogens with zero attached hydrogens (tertiary/aromatic N) is 1. The number of benzene rings is 1. The van der Waals surface area contributed by atoms with E-state index in [1.807, 2.05) is 30.3 Å². The first-order valence-electron chi connectivity index (χ1n) is 9.04. The van der Waals surface area contributed by atoms with Crippen LogP contribution in [0.2, 0.25) is 0 Å². The second kappa shape index (κ2) is 11.1. The Hall–Kier alpha value is -2.16. The number of thioether (sulfide) groups is 1. The Labute approximate surface area is 179 Å². The smallest absolute Gasteiger partial charge is 0.410 e. The first-order valence-corrected chi connectivity index (χ1v) is 10.4. The Morgan fingerprint density at radius 2 is 1.93 bits per heavy atom. The van der Waals surface area contributed by atoms with Crippen LogP contribution in [0.1, 0.15) is 0 Å². The summed E-state index contributed by atoms with van der Waals surface area (Å²) in [6, 6.07) is 9.18. The summed E-state index contributed by atoms with van der Waals surface area (Å²) in [5, 5.41) is 11.6. The molecule has 0 radical (unpaired) electrons. The van der Waals surface area contributed by atoms with Gasteiger partial charge in [0.1, 0.15) is 13.2 Å². The van der Waals surface area contributed by atoms with Gasteiger partial charge in [-0.15, -0.1) is 11.8 Å². The molecule has 2 rings (SSSR count). The highest BCUT2D eigenvalue weighted by atomic mass is 35.5. The first-order chi connectivity index (χ1) is 13.9. The fourth-order valence-corrected chi connectivity index (χ4v) is 4.45. The number of nitrogens with one attached hydrogen (secondary N) is 1. The standard InChI is InChI=1S/C20H25ClN2O5S/c1-3-10-27-18(24)22-12-16-17(13-29-15-8-6-5-7-9-15)23(14-20(16,21)26)19(25)28-11-4-2/h3-9,16-17,26H,1-2,10-14H2,(H,22,24)/t16?,17-,20-/m1/s1. The molecule has 1 unspecified atom stereocenters. The number of hydrogen-bond donors (Lipinski definition) is 2. The number of aliphatic hydroxyl groups is 1. The minimum Gasteiger partial charge on any atom is -0.445 e. The molecule has 158 valence electrons. The van der Waals surface area contributed by atoms with Gasteiger partial charge in [0.25, 0.3) is 0 Å². The topological polar surface area (TPSA) is 88.1 Å². The van der Waals surface area contributed by atoms with Gasteiger partial charge in [0.05, 0.1) is 12.6 Å². The van der Waals surface area contributed by atoms with Crippen LogP contribution in [0.5, 0.6) is 0 Å². The van der Waals surface area contributed by atoms with E-state index >= 15 is 0 Å². The van der Waals surface area contributed by atoms with E-state index in [4.69, 9.17) is 21.1 Å². The van der Waals surface area contributed by atoms with Crippen LogP contribution in [0.3, 0.4) is 0 Å². The summed E-state index contributed by atoms with van der Waals surface area (Å²) in [5.41, 5.74) is 0. The van der Waals surface area contributed by atoms with Gasteiger partial charge in [-0.25, -0.2) is 9.59 Å². The molecule has 2 N–H and O–H groups in total. The molecule has 1 aromatic rings. The number of likely N-dealkylation sites (tertiary alicyclic amines) is 1. The van der Waals surface area contributed by atoms with Crippen molar-refractivity contribution < 1.29 is 24.2 Å². The van der Waals surface area contributed by atoms with E-state index in [0.717, 1.165) is 4.90 Å². The van der Waals surface area contributed by atoms with Crippen LogP contribution >= 0.6 is 23.4 Å². The Bertz CT molecular complexity index is 716. The maximum Gasteiger partial charge on any atom is 0.410 e. The third-order valence-corrected chi connectivity index (χ3v) is 5.86. The predicted molar refractivity (Wildman–Crippen MR) is 113 cm³/mol. The van der Waals surface area contributed by atoms with E-state index in [-0.39, 0.29) is 26.3 Å². The molecule has 9 heteroatoms. The van der Waals surface area contributed by atoms with Crippen LogP contribution in [-0.4, -0.2) is 65.4 Å². The summed E-state index contributed by atoms with van der Waals surface area (Å²) in [4.78, 5) is 26.7. The fourth-order valence-electron chi connectivity index (χ4n) is 2.97. The number of alkyl carbamates (subject to hydrolysis) is 1. The van der Waals surface area contributed by atoms with E-state index in [9.17, 15) is 14.7 Å². The van der Waals surface area contributed by atoms with Gasteiger partial charge in [0.15, 0.2) is 5.06 Å². The average molecular weight is 441 g/mol. The zero-order valence-corrected chi connectivity index (χ0v) is 17.5. The van der Waals surface area contributed by atoms with Crippen LogP contribution in [0.15, 0.2) is 60.5 Å². The molecule has 1 saturated heterocycles. The Morgan fingerprint density at radius 3 is 2.59 bits per heavy atom. The van der Waals surface area contributed by atoms with E-state index in [1.165, 1.54) is 28.8 Å². The minimum atomic E-state index is -1.72. The van der Waals surface area contributed by atoms with E-state index in [0.29, 0.717) is 5.75 Å². The highest BCUT2D eigenvalue weighted by molar-refractivity contribution is 7.99. The van der Waals surface area contributed by atoms with Gasteiger partial charge in [-0.3, -0.25) is 4.90 Å². The monoisotopic (exact) mass is 440 g/mol. The molecule has 1 heterocycles. The summed E-state index contributed by atoms with van der Waals surface area (Å²) >= 11 is 7.86. The Balaban J connectivity index is 2.13. The van der Waals surface area contributed by atoms with Gasteiger partial charge in [0, 0.05) is 23.1 Å². The number of ether oxygens (including phenoxy) is 2. The minimum absolute atomic E-state index is 0.0290. The lowest BCUT2D eigenvalue weighted by molar-refractivity contribution is 0.0871. The molecule has 3 atom stereocenters. The molecule has 29 heavy (non-hydrogen) atoms. The maximum atomic E-state index is 12.5. The third kappa shape index (κ3) is 6.69. The predicted octanol–water partition coefficient (Wildman–Crippen LogP) is 3.24. The van der Waals surface area contributed by atoms with E-state index in [1.54, 1.807) is 0 Å². The first kappa shape index (κ1) is 23.1. The second-order valence-corrected chi connectivity index (χ2v) is 8.13. The van der Waals surface area contributed by atoms with Crippen molar-refractivity contribution in [3.05, 3.63) is 55.6 Å². The number of carbonyl (C=O) groups excluding carboxylic acids is 2. The number of rotatable bonds is 9. The lowest BCUT2D eigenvalue weighted by atomic mass is 9.99. The number of halogens is 1. The molecule has 0 aliphatic carbocycles. The summed E-state index contributed by atoms with van der Waals surface area (Å²) in [6.07, 6.45) is 1.66. The molecule has 0 saturated carbocycles. The van der Waals surface area contributed by atoms with Gasteiger partial charge < -0.3 is 19.9 Å². The number of amides is 2. The van der Waals surface area contributed by atoms with Gasteiger partial charge in [-0.05, 0) is 12.1 Å². The third-order valence-electron chi connectivity index (χ3n) is 4.35. The van der Waals surface area contributed by atoms with Crippen molar-refractivity contribution in [1.29, 1.82) is 0 Å². The largest absolute Gasteiger partial charge is 0.445 e. The molecule has 0 aromatic heterocycles. The van der Waals surface area contributed by atoms with Crippen molar-refractivity contribution in [1.82, 2.24) is 10.2 Å². The van der Waals surface area contributed by atoms with Crippen LogP contribution < -0.4 is 5.32 Å². The zero-order valence-electron chi connectivity index (χ0n) is 16.0. The highest BCUT2D eigenvalue weighted by Crippen LogP contribution is 2.39. The quantitative estimate of drug-likeness (QED) is 0.348. The van der Waals surface area contributed by atoms with Crippen LogP contribution in [0.25, 0.3) is 0 Å². The van der Waals surface area contributed by atoms with Crippen LogP contribution in [0.4, 0.5) is 9.59 Å². The van der Waals surface area contributed by atoms with Crippen LogP contribution in [-0.2, 0) is 9.47 Å². The summed E-state index contributed by atoms with van der Waals surface area (Å²) < 4.78 is 10.0. The summed E-state index contributed by atoms with van der Waals surface area (Å²) in [5.74, 6) is -0.177. The molecular weight excluding hydrogens is 416 g/mol. The van der Waals surface area contributed by atoms with E-state index < -0.39 is 29.2 Å². The fraction of sp³-hybridized carbons (Fsp3) is 0.400. The van der Waals surface area contributed by atoms with Crippen molar-refractivity contribution in [2.24, 2.45) is 5.92 Å². The second-order valence-electron chi connectivity index (χ2n) is 6.38. The van der Waals surface area contributed by atoms with E-state index in [2.05, 4.69) is 18.5 Å². The van der Waals surface area contributed by atoms with Crippen molar-refractivity contribution >= 4 is 35.5 Å². The average Bonchev–Trinajstić information content (AvgIpc) is 2.97. The SMILES string of the molecule is C=CCOC(=O)NCC1[C@@H](CSc2ccccc2)N(C(=O)OCC=C)C[C@]1(O)Cl. The molecule has 1 aliphatic rings. The van der Waals surface area contributed by atoms with Gasteiger partial charge in [0.2, 0.25) is 0 Å². The molecule has 0 bridgehead atoms. The Kier molecular flexibility index (Phi) is 8.88. The molecule has 1 fully saturated rings. The normalized spacial score (nSPS) is 23.3. The van der Waals surface area contributed by atoms with Crippen molar-refractivity contribution in [2.45, 2.75) is 16.0 Å². The summed E-state index contributed by atoms with van der Waals surface area (Å²) in [7, 11) is 0. The van der Waals surface area contributed by atoms with Gasteiger partial charge in [-0.2, -0.15) is 0 Å². The van der Waals surface area contributed by atoms with Crippen molar-refractivity contribution in [3.8, 4) is 0 Å². The lowest BCUT2D eigenvalue weighted by Gasteiger charge is -2.28. The molecule has 1 aliphatic heterocycles. The number of β-amino-alcohol motifs (C(OH)–C–C–N with tert-alkyl or cyclic N) is 1. The van der Waals surface area contributed by atoms with Crippen LogP contribution in [0, 0.1) is 5.92 Å². The lowest BCUT2D eigenvalue weighted by Crippen LogP contribution is -2.45. The molecule has 1 aromatic carbocycles. The highest BCUT2D eigenvalue weighted by Gasteiger charge is 2.52. The zero-order chi connectivity index (χ0) is 21.3. The number of alkyl halides is 1. The molecule has 2 amide bonds. The molecule has 7 nitrogen and oxygen atoms in total. The number of hydrogen-bond acceptors (Lipinski definition) is 6. The maximum absolute atomic E-state index is 12.5. The van der Waals surface area contributed by atoms with Gasteiger partial charge >= 0.3 is 12.2 Å².